The van der Waals surface area contributed by atoms with Crippen molar-refractivity contribution >= 4 is 5.91 Å². The summed E-state index contributed by atoms with van der Waals surface area (Å²) in [4.78, 5) is 15.0. The predicted molar refractivity (Wildman–Crippen MR) is 64.1 cm³/mol. The third-order valence-corrected chi connectivity index (χ3v) is 2.35. The molecule has 0 aliphatic rings. The Morgan fingerprint density at radius 1 is 1.44 bits per heavy atom. The fraction of sp³-hybridized carbons (Fsp3) is 0.500. The Labute approximate surface area is 96.5 Å². The van der Waals surface area contributed by atoms with Gasteiger partial charge in [0.05, 0.1) is 0 Å². The van der Waals surface area contributed by atoms with Gasteiger partial charge in [-0.2, -0.15) is 0 Å². The molecular weight excluding hydrogens is 202 g/mol. The maximum atomic E-state index is 10.9. The van der Waals surface area contributed by atoms with Gasteiger partial charge in [0, 0.05) is 25.9 Å². The first-order valence-electron chi connectivity index (χ1n) is 5.63. The van der Waals surface area contributed by atoms with E-state index in [-0.39, 0.29) is 5.91 Å². The second kappa shape index (κ2) is 7.82. The quantitative estimate of drug-likeness (QED) is 0.668. The summed E-state index contributed by atoms with van der Waals surface area (Å²) in [6.07, 6.45) is 6.11. The van der Waals surface area contributed by atoms with Crippen molar-refractivity contribution in [1.29, 1.82) is 0 Å². The molecule has 0 aromatic carbocycles. The molecule has 1 aromatic rings. The van der Waals surface area contributed by atoms with Crippen molar-refractivity contribution in [2.24, 2.45) is 0 Å². The smallest absolute Gasteiger partial charge is 0.219 e. The summed E-state index contributed by atoms with van der Waals surface area (Å²) in [7, 11) is 1.66. The summed E-state index contributed by atoms with van der Waals surface area (Å²) in [5.74, 6) is 0.106. The van der Waals surface area contributed by atoms with Crippen molar-refractivity contribution in [1.82, 2.24) is 15.6 Å². The summed E-state index contributed by atoms with van der Waals surface area (Å²) in [6, 6.07) is 4.01. The van der Waals surface area contributed by atoms with Crippen LogP contribution < -0.4 is 10.6 Å². The molecule has 0 radical (unpaired) electrons. The fourth-order valence-electron chi connectivity index (χ4n) is 1.40. The van der Waals surface area contributed by atoms with Gasteiger partial charge >= 0.3 is 0 Å². The van der Waals surface area contributed by atoms with Crippen LogP contribution in [0.3, 0.4) is 0 Å². The Morgan fingerprint density at radius 2 is 2.31 bits per heavy atom. The second-order valence-electron chi connectivity index (χ2n) is 3.64. The van der Waals surface area contributed by atoms with Crippen molar-refractivity contribution in [3.8, 4) is 0 Å². The summed E-state index contributed by atoms with van der Waals surface area (Å²) in [6.45, 7) is 1.81. The summed E-state index contributed by atoms with van der Waals surface area (Å²) in [5, 5.41) is 5.91. The summed E-state index contributed by atoms with van der Waals surface area (Å²) >= 11 is 0. The van der Waals surface area contributed by atoms with E-state index in [4.69, 9.17) is 0 Å². The number of aromatic nitrogens is 1. The van der Waals surface area contributed by atoms with Crippen molar-refractivity contribution in [3.63, 3.8) is 0 Å². The monoisotopic (exact) mass is 221 g/mol. The lowest BCUT2D eigenvalue weighted by Crippen LogP contribution is -2.22. The van der Waals surface area contributed by atoms with Crippen molar-refractivity contribution < 1.29 is 4.79 Å². The van der Waals surface area contributed by atoms with E-state index in [1.165, 1.54) is 5.56 Å². The molecule has 0 saturated carbocycles. The maximum absolute atomic E-state index is 10.9. The zero-order chi connectivity index (χ0) is 11.6. The SMILES string of the molecule is CNC(=O)CCCNCCc1cccnc1. The molecule has 0 atom stereocenters. The van der Waals surface area contributed by atoms with E-state index in [0.717, 1.165) is 25.9 Å². The maximum Gasteiger partial charge on any atom is 0.219 e. The van der Waals surface area contributed by atoms with Gasteiger partial charge in [-0.15, -0.1) is 0 Å². The van der Waals surface area contributed by atoms with Crippen molar-refractivity contribution in [3.05, 3.63) is 30.1 Å². The van der Waals surface area contributed by atoms with Gasteiger partial charge in [0.15, 0.2) is 0 Å². The third-order valence-electron chi connectivity index (χ3n) is 2.35. The van der Waals surface area contributed by atoms with E-state index >= 15 is 0 Å². The highest BCUT2D eigenvalue weighted by Gasteiger charge is 1.96. The molecule has 1 heterocycles. The van der Waals surface area contributed by atoms with E-state index in [9.17, 15) is 4.79 Å². The highest BCUT2D eigenvalue weighted by molar-refractivity contribution is 5.75. The molecule has 0 aliphatic heterocycles. The predicted octanol–water partition coefficient (Wildman–Crippen LogP) is 0.740. The Bertz CT molecular complexity index is 300. The number of carbonyl (C=O) groups excluding carboxylic acids is 1. The van der Waals surface area contributed by atoms with Crippen LogP contribution in [0.5, 0.6) is 0 Å². The molecule has 0 spiro atoms. The molecule has 0 bridgehead atoms. The zero-order valence-corrected chi connectivity index (χ0v) is 9.70. The fourth-order valence-corrected chi connectivity index (χ4v) is 1.40. The lowest BCUT2D eigenvalue weighted by Gasteiger charge is -2.04. The van der Waals surface area contributed by atoms with Crippen LogP contribution in [-0.4, -0.2) is 31.0 Å². The van der Waals surface area contributed by atoms with Gasteiger partial charge in [0.1, 0.15) is 0 Å². The number of nitrogens with one attached hydrogen (secondary N) is 2. The minimum Gasteiger partial charge on any atom is -0.359 e. The molecule has 88 valence electrons. The molecule has 1 aromatic heterocycles. The minimum atomic E-state index is 0.106. The molecule has 0 fully saturated rings. The Balaban J connectivity index is 1.98. The van der Waals surface area contributed by atoms with Crippen molar-refractivity contribution in [2.45, 2.75) is 19.3 Å². The average molecular weight is 221 g/mol. The molecule has 2 N–H and O–H groups in total. The molecule has 16 heavy (non-hydrogen) atoms. The van der Waals surface area contributed by atoms with Crippen LogP contribution in [0.4, 0.5) is 0 Å². The van der Waals surface area contributed by atoms with E-state index in [1.54, 1.807) is 13.2 Å². The third kappa shape index (κ3) is 5.46. The van der Waals surface area contributed by atoms with Gasteiger partial charge < -0.3 is 10.6 Å². The number of hydrogen-bond donors (Lipinski definition) is 2. The molecule has 1 amide bonds. The Morgan fingerprint density at radius 3 is 3.00 bits per heavy atom. The van der Waals surface area contributed by atoms with Crippen LogP contribution in [0.2, 0.25) is 0 Å². The minimum absolute atomic E-state index is 0.106. The highest BCUT2D eigenvalue weighted by atomic mass is 16.1. The van der Waals surface area contributed by atoms with E-state index < -0.39 is 0 Å². The molecular formula is C12H19N3O. The summed E-state index contributed by atoms with van der Waals surface area (Å²) in [5.41, 5.74) is 1.24. The average Bonchev–Trinajstić information content (AvgIpc) is 2.34. The van der Waals surface area contributed by atoms with Crippen molar-refractivity contribution in [2.75, 3.05) is 20.1 Å². The number of rotatable bonds is 7. The molecule has 4 nitrogen and oxygen atoms in total. The number of amides is 1. The van der Waals surface area contributed by atoms with E-state index in [1.807, 2.05) is 12.3 Å². The number of pyridine rings is 1. The number of carbonyl (C=O) groups is 1. The molecule has 1 rings (SSSR count). The van der Waals surface area contributed by atoms with Gasteiger partial charge in [-0.05, 0) is 37.6 Å². The Kier molecular flexibility index (Phi) is 6.18. The van der Waals surface area contributed by atoms with Gasteiger partial charge in [0.25, 0.3) is 0 Å². The second-order valence-corrected chi connectivity index (χ2v) is 3.64. The highest BCUT2D eigenvalue weighted by Crippen LogP contribution is 1.95. The van der Waals surface area contributed by atoms with Gasteiger partial charge in [0.2, 0.25) is 5.91 Å². The first-order chi connectivity index (χ1) is 7.83. The van der Waals surface area contributed by atoms with Crippen LogP contribution in [-0.2, 0) is 11.2 Å². The topological polar surface area (TPSA) is 54.0 Å². The number of hydrogen-bond acceptors (Lipinski definition) is 3. The zero-order valence-electron chi connectivity index (χ0n) is 9.70. The van der Waals surface area contributed by atoms with Crippen LogP contribution in [0, 0.1) is 0 Å². The summed E-state index contributed by atoms with van der Waals surface area (Å²) < 4.78 is 0. The van der Waals surface area contributed by atoms with Crippen LogP contribution in [0.25, 0.3) is 0 Å². The van der Waals surface area contributed by atoms with E-state index in [2.05, 4.69) is 21.7 Å². The standard InChI is InChI=1S/C12H19N3O/c1-13-12(16)5-3-7-14-9-6-11-4-2-8-15-10-11/h2,4,8,10,14H,3,5-7,9H2,1H3,(H,13,16). The van der Waals surface area contributed by atoms with E-state index in [0.29, 0.717) is 6.42 Å². The molecule has 0 unspecified atom stereocenters. The Hall–Kier alpha value is -1.42. The van der Waals surface area contributed by atoms with Crippen LogP contribution in [0.1, 0.15) is 18.4 Å². The largest absolute Gasteiger partial charge is 0.359 e. The van der Waals surface area contributed by atoms with Gasteiger partial charge in [-0.1, -0.05) is 6.07 Å². The van der Waals surface area contributed by atoms with Gasteiger partial charge in [-0.3, -0.25) is 9.78 Å². The first kappa shape index (κ1) is 12.6. The lowest BCUT2D eigenvalue weighted by atomic mass is 10.2. The molecule has 0 aliphatic carbocycles. The van der Waals surface area contributed by atoms with Crippen LogP contribution >= 0.6 is 0 Å². The normalized spacial score (nSPS) is 10.1. The first-order valence-corrected chi connectivity index (χ1v) is 5.63. The van der Waals surface area contributed by atoms with Crippen LogP contribution in [0.15, 0.2) is 24.5 Å². The lowest BCUT2D eigenvalue weighted by molar-refractivity contribution is -0.120. The number of nitrogens with zero attached hydrogens (tertiary/aromatic N) is 1. The van der Waals surface area contributed by atoms with Gasteiger partial charge in [-0.25, -0.2) is 0 Å². The molecule has 0 saturated heterocycles. The molecule has 4 heteroatoms.